The van der Waals surface area contributed by atoms with Crippen molar-refractivity contribution in [2.24, 2.45) is 0 Å². The van der Waals surface area contributed by atoms with Gasteiger partial charge in [-0.25, -0.2) is 4.39 Å². The van der Waals surface area contributed by atoms with Crippen LogP contribution < -0.4 is 5.32 Å². The molecule has 2 aromatic carbocycles. The molecule has 0 aliphatic rings. The molecule has 10 heteroatoms. The van der Waals surface area contributed by atoms with Crippen LogP contribution in [0, 0.1) is 5.82 Å². The van der Waals surface area contributed by atoms with E-state index in [0.717, 1.165) is 0 Å². The normalized spacial score (nSPS) is 12.3. The van der Waals surface area contributed by atoms with E-state index in [1.165, 1.54) is 30.8 Å². The molecule has 176 valence electrons. The van der Waals surface area contributed by atoms with E-state index in [0.29, 0.717) is 33.3 Å². The molecule has 0 bridgehead atoms. The number of amides is 1. The average Bonchev–Trinajstić information content (AvgIpc) is 3.39. The first-order valence-electron chi connectivity index (χ1n) is 10.6. The number of nitrogens with zero attached hydrogens (tertiary/aromatic N) is 4. The number of hydrogen-bond acceptors (Lipinski definition) is 7. The Kier molecular flexibility index (Phi) is 6.80. The van der Waals surface area contributed by atoms with Gasteiger partial charge in [0.2, 0.25) is 5.91 Å². The Morgan fingerprint density at radius 2 is 1.85 bits per heavy atom. The van der Waals surface area contributed by atoms with Gasteiger partial charge in [0.15, 0.2) is 22.5 Å². The highest BCUT2D eigenvalue weighted by Gasteiger charge is 2.23. The van der Waals surface area contributed by atoms with Crippen LogP contribution >= 0.6 is 11.8 Å². The number of para-hydroxylation sites is 1. The highest BCUT2D eigenvalue weighted by atomic mass is 32.2. The van der Waals surface area contributed by atoms with Gasteiger partial charge in [0.1, 0.15) is 11.4 Å². The van der Waals surface area contributed by atoms with Crippen LogP contribution in [0.2, 0.25) is 0 Å². The van der Waals surface area contributed by atoms with Gasteiger partial charge in [0.05, 0.1) is 17.5 Å². The summed E-state index contributed by atoms with van der Waals surface area (Å²) in [5.74, 6) is -0.156. The van der Waals surface area contributed by atoms with E-state index in [9.17, 15) is 14.0 Å². The van der Waals surface area contributed by atoms with Crippen molar-refractivity contribution in [1.82, 2.24) is 19.7 Å². The number of furan rings is 1. The quantitative estimate of drug-likeness (QED) is 0.288. The van der Waals surface area contributed by atoms with Crippen molar-refractivity contribution in [3.8, 4) is 5.69 Å². The molecule has 4 aromatic rings. The molecule has 8 nitrogen and oxygen atoms in total. The van der Waals surface area contributed by atoms with Crippen LogP contribution in [0.1, 0.15) is 36.3 Å². The summed E-state index contributed by atoms with van der Waals surface area (Å²) in [4.78, 5) is 26.9. The second-order valence-corrected chi connectivity index (χ2v) is 8.93. The predicted molar refractivity (Wildman–Crippen MR) is 129 cm³/mol. The number of hydrogen-bond donors (Lipinski definition) is 1. The molecule has 4 rings (SSSR count). The molecule has 0 saturated heterocycles. The fourth-order valence-electron chi connectivity index (χ4n) is 3.43. The van der Waals surface area contributed by atoms with Gasteiger partial charge in [0, 0.05) is 18.0 Å². The van der Waals surface area contributed by atoms with E-state index in [1.807, 2.05) is 36.6 Å². The molecule has 0 aliphatic heterocycles. The van der Waals surface area contributed by atoms with Crippen molar-refractivity contribution in [2.45, 2.75) is 25.0 Å². The largest absolute Gasteiger partial charge is 0.451 e. The molecule has 0 unspecified atom stereocenters. The summed E-state index contributed by atoms with van der Waals surface area (Å²) in [6.07, 6.45) is 0. The standard InChI is InChI=1S/C24H24FN5O3S/c1-14(29(3)4)23-27-28-24(30(23)17-11-9-16(25)10-12-17)34-13-20(32)26-21-18-7-5-6-8-19(18)33-22(21)15(2)31/h5-12,14H,13H2,1-4H3,(H,26,32)/t14-/m1/s1. The number of thioether (sulfide) groups is 1. The minimum atomic E-state index is -0.346. The van der Waals surface area contributed by atoms with Gasteiger partial charge < -0.3 is 9.73 Å². The van der Waals surface area contributed by atoms with Gasteiger partial charge in [-0.1, -0.05) is 23.9 Å². The van der Waals surface area contributed by atoms with Crippen molar-refractivity contribution >= 4 is 40.1 Å². The number of fused-ring (bicyclic) bond motifs is 1. The summed E-state index contributed by atoms with van der Waals surface area (Å²) in [6.45, 7) is 3.37. The number of rotatable bonds is 8. The summed E-state index contributed by atoms with van der Waals surface area (Å²) in [5, 5.41) is 12.6. The van der Waals surface area contributed by atoms with Gasteiger partial charge in [-0.3, -0.25) is 19.1 Å². The minimum absolute atomic E-state index is 0.0204. The molecule has 1 amide bonds. The van der Waals surface area contributed by atoms with Crippen LogP contribution in [0.25, 0.3) is 16.7 Å². The zero-order valence-electron chi connectivity index (χ0n) is 19.2. The first-order chi connectivity index (χ1) is 16.3. The Bertz CT molecular complexity index is 1350. The molecule has 0 fully saturated rings. The Morgan fingerprint density at radius 1 is 1.15 bits per heavy atom. The lowest BCUT2D eigenvalue weighted by Gasteiger charge is -2.20. The third-order valence-corrected chi connectivity index (χ3v) is 6.33. The van der Waals surface area contributed by atoms with Gasteiger partial charge >= 0.3 is 0 Å². The Balaban J connectivity index is 1.59. The van der Waals surface area contributed by atoms with Crippen molar-refractivity contribution in [1.29, 1.82) is 0 Å². The van der Waals surface area contributed by atoms with Crippen LogP contribution in [0.3, 0.4) is 0 Å². The first kappa shape index (κ1) is 23.7. The topological polar surface area (TPSA) is 93.3 Å². The summed E-state index contributed by atoms with van der Waals surface area (Å²) in [6, 6.07) is 13.1. The number of nitrogens with one attached hydrogen (secondary N) is 1. The lowest BCUT2D eigenvalue weighted by atomic mass is 10.2. The zero-order valence-corrected chi connectivity index (χ0v) is 20.0. The number of benzene rings is 2. The maximum absolute atomic E-state index is 13.5. The van der Waals surface area contributed by atoms with Gasteiger partial charge in [0.25, 0.3) is 0 Å². The number of aromatic nitrogens is 3. The fraction of sp³-hybridized carbons (Fsp3) is 0.250. The summed E-state index contributed by atoms with van der Waals surface area (Å²) >= 11 is 1.20. The van der Waals surface area contributed by atoms with Crippen molar-refractivity contribution in [3.63, 3.8) is 0 Å². The Labute approximate surface area is 200 Å². The number of ketones is 1. The molecule has 2 aromatic heterocycles. The lowest BCUT2D eigenvalue weighted by Crippen LogP contribution is -2.21. The molecular formula is C24H24FN5O3S. The molecule has 0 radical (unpaired) electrons. The third-order valence-electron chi connectivity index (χ3n) is 5.40. The van der Waals surface area contributed by atoms with E-state index < -0.39 is 0 Å². The monoisotopic (exact) mass is 481 g/mol. The Morgan fingerprint density at radius 3 is 2.53 bits per heavy atom. The van der Waals surface area contributed by atoms with Crippen LogP contribution in [0.15, 0.2) is 58.1 Å². The Hall–Kier alpha value is -3.50. The van der Waals surface area contributed by atoms with Crippen LogP contribution in [-0.4, -0.2) is 51.2 Å². The van der Waals surface area contributed by atoms with Crippen LogP contribution in [0.4, 0.5) is 10.1 Å². The summed E-state index contributed by atoms with van der Waals surface area (Å²) in [5.41, 5.74) is 1.57. The molecule has 1 N–H and O–H groups in total. The minimum Gasteiger partial charge on any atom is -0.451 e. The zero-order chi connectivity index (χ0) is 24.4. The fourth-order valence-corrected chi connectivity index (χ4v) is 4.19. The van der Waals surface area contributed by atoms with Gasteiger partial charge in [-0.2, -0.15) is 0 Å². The molecule has 0 saturated carbocycles. The SMILES string of the molecule is CC(=O)c1oc2ccccc2c1NC(=O)CSc1nnc([C@@H](C)N(C)C)n1-c1ccc(F)cc1. The number of carbonyl (C=O) groups excluding carboxylic acids is 2. The second-order valence-electron chi connectivity index (χ2n) is 7.99. The number of halogens is 1. The lowest BCUT2D eigenvalue weighted by molar-refractivity contribution is -0.113. The van der Waals surface area contributed by atoms with Crippen LogP contribution in [0.5, 0.6) is 0 Å². The third kappa shape index (κ3) is 4.73. The van der Waals surface area contributed by atoms with Gasteiger partial charge in [-0.15, -0.1) is 10.2 Å². The molecular weight excluding hydrogens is 457 g/mol. The van der Waals surface area contributed by atoms with E-state index in [-0.39, 0.29) is 35.1 Å². The number of Topliss-reactive ketones (excluding diaryl/α,β-unsaturated/α-hetero) is 1. The summed E-state index contributed by atoms with van der Waals surface area (Å²) in [7, 11) is 3.85. The highest BCUT2D eigenvalue weighted by molar-refractivity contribution is 7.99. The molecule has 0 spiro atoms. The number of carbonyl (C=O) groups is 2. The van der Waals surface area contributed by atoms with E-state index >= 15 is 0 Å². The molecule has 1 atom stereocenters. The average molecular weight is 482 g/mol. The summed E-state index contributed by atoms with van der Waals surface area (Å²) < 4.78 is 21.0. The van der Waals surface area contributed by atoms with Gasteiger partial charge in [-0.05, 0) is 57.4 Å². The van der Waals surface area contributed by atoms with Crippen molar-refractivity contribution in [2.75, 3.05) is 25.2 Å². The van der Waals surface area contributed by atoms with E-state index in [4.69, 9.17) is 4.42 Å². The molecule has 34 heavy (non-hydrogen) atoms. The van der Waals surface area contributed by atoms with Crippen molar-refractivity contribution < 1.29 is 18.4 Å². The smallest absolute Gasteiger partial charge is 0.234 e. The molecule has 0 aliphatic carbocycles. The predicted octanol–water partition coefficient (Wildman–Crippen LogP) is 4.71. The van der Waals surface area contributed by atoms with E-state index in [2.05, 4.69) is 15.5 Å². The highest BCUT2D eigenvalue weighted by Crippen LogP contribution is 2.32. The second kappa shape index (κ2) is 9.78. The first-order valence-corrected chi connectivity index (χ1v) is 11.6. The van der Waals surface area contributed by atoms with E-state index in [1.54, 1.807) is 30.3 Å². The number of anilines is 1. The van der Waals surface area contributed by atoms with Crippen LogP contribution in [-0.2, 0) is 4.79 Å². The van der Waals surface area contributed by atoms with Crippen molar-refractivity contribution in [3.05, 3.63) is 65.9 Å². The maximum atomic E-state index is 13.5. The maximum Gasteiger partial charge on any atom is 0.234 e. The molecule has 2 heterocycles.